The first-order valence-corrected chi connectivity index (χ1v) is 8.30. The van der Waals surface area contributed by atoms with Gasteiger partial charge in [-0.05, 0) is 32.1 Å². The zero-order valence-corrected chi connectivity index (χ0v) is 12.2. The van der Waals surface area contributed by atoms with Crippen LogP contribution in [0.2, 0.25) is 0 Å². The molecule has 0 fully saturated rings. The maximum Gasteiger partial charge on any atom is -0.0169 e. The van der Waals surface area contributed by atoms with Crippen LogP contribution in [0.4, 0.5) is 0 Å². The summed E-state index contributed by atoms with van der Waals surface area (Å²) in [5, 5.41) is 0. The van der Waals surface area contributed by atoms with Crippen LogP contribution >= 0.6 is 0 Å². The Balaban J connectivity index is 2.13. The molecule has 0 aromatic heterocycles. The molecular formula is C18H32. The molecule has 104 valence electrons. The maximum absolute atomic E-state index is 2.37. The van der Waals surface area contributed by atoms with Crippen LogP contribution in [-0.2, 0) is 0 Å². The van der Waals surface area contributed by atoms with E-state index in [0.717, 1.165) is 6.42 Å². The van der Waals surface area contributed by atoms with E-state index in [-0.39, 0.29) is 0 Å². The highest BCUT2D eigenvalue weighted by Gasteiger charge is 1.93. The molecule has 0 aromatic carbocycles. The molecule has 0 amide bonds. The molecule has 0 aliphatic heterocycles. The van der Waals surface area contributed by atoms with Crippen molar-refractivity contribution in [3.8, 4) is 0 Å². The fourth-order valence-electron chi connectivity index (χ4n) is 2.62. The zero-order valence-electron chi connectivity index (χ0n) is 12.2. The third-order valence-electron chi connectivity index (χ3n) is 3.85. The first-order valence-electron chi connectivity index (χ1n) is 8.30. The summed E-state index contributed by atoms with van der Waals surface area (Å²) in [6.45, 7) is 0. The molecule has 0 saturated carbocycles. The van der Waals surface area contributed by atoms with E-state index in [4.69, 9.17) is 0 Å². The molecule has 0 saturated heterocycles. The van der Waals surface area contributed by atoms with Gasteiger partial charge in [-0.25, -0.2) is 0 Å². The lowest BCUT2D eigenvalue weighted by Crippen LogP contribution is -1.82. The van der Waals surface area contributed by atoms with Crippen molar-refractivity contribution in [1.82, 2.24) is 0 Å². The second-order valence-electron chi connectivity index (χ2n) is 5.64. The summed E-state index contributed by atoms with van der Waals surface area (Å²) >= 11 is 0. The molecule has 0 heterocycles. The van der Waals surface area contributed by atoms with Gasteiger partial charge < -0.3 is 0 Å². The lowest BCUT2D eigenvalue weighted by Gasteiger charge is -2.02. The highest BCUT2D eigenvalue weighted by atomic mass is 14.0. The van der Waals surface area contributed by atoms with Gasteiger partial charge in [-0.2, -0.15) is 0 Å². The van der Waals surface area contributed by atoms with E-state index in [1.165, 1.54) is 83.5 Å². The van der Waals surface area contributed by atoms with E-state index in [0.29, 0.717) is 0 Å². The molecule has 0 spiro atoms. The first-order chi connectivity index (χ1) is 9.00. The molecule has 0 radical (unpaired) electrons. The normalized spacial score (nSPS) is 24.0. The smallest absolute Gasteiger partial charge is 0.0169 e. The van der Waals surface area contributed by atoms with Gasteiger partial charge in [-0.1, -0.05) is 82.1 Å². The van der Waals surface area contributed by atoms with E-state index in [1.54, 1.807) is 0 Å². The Morgan fingerprint density at radius 3 is 1.06 bits per heavy atom. The summed E-state index contributed by atoms with van der Waals surface area (Å²) in [6.07, 6.45) is 29.0. The third kappa shape index (κ3) is 10.6. The Morgan fingerprint density at radius 1 is 0.333 bits per heavy atom. The van der Waals surface area contributed by atoms with E-state index >= 15 is 0 Å². The van der Waals surface area contributed by atoms with Gasteiger partial charge >= 0.3 is 0 Å². The highest BCUT2D eigenvalue weighted by molar-refractivity contribution is 4.92. The SMILES string of the molecule is C1=CCCCCCCCCCCCCC/C=C/C1. The minimum atomic E-state index is 1.14. The standard InChI is InChI=1S/C18H32/c1-2-4-6-8-10-12-14-16-18-17-15-13-11-9-7-5-3-1/h1-2,5,7H,3-4,6,8-18H2/b2-1+,7-5?. The fourth-order valence-corrected chi connectivity index (χ4v) is 2.62. The van der Waals surface area contributed by atoms with E-state index in [9.17, 15) is 0 Å². The van der Waals surface area contributed by atoms with Gasteiger partial charge in [0.2, 0.25) is 0 Å². The number of hydrogen-bond donors (Lipinski definition) is 0. The minimum Gasteiger partial charge on any atom is -0.0882 e. The van der Waals surface area contributed by atoms with Crippen LogP contribution in [-0.4, -0.2) is 0 Å². The van der Waals surface area contributed by atoms with E-state index in [1.807, 2.05) is 0 Å². The van der Waals surface area contributed by atoms with Crippen LogP contribution in [0.25, 0.3) is 0 Å². The molecule has 0 atom stereocenters. The van der Waals surface area contributed by atoms with Crippen LogP contribution in [0.15, 0.2) is 24.3 Å². The summed E-state index contributed by atoms with van der Waals surface area (Å²) in [5.74, 6) is 0. The predicted octanol–water partition coefficient (Wildman–Crippen LogP) is 6.57. The van der Waals surface area contributed by atoms with Gasteiger partial charge in [0.25, 0.3) is 0 Å². The Morgan fingerprint density at radius 2 is 0.667 bits per heavy atom. The number of hydrogen-bond acceptors (Lipinski definition) is 0. The van der Waals surface area contributed by atoms with Gasteiger partial charge in [-0.3, -0.25) is 0 Å². The Labute approximate surface area is 115 Å². The fraction of sp³-hybridized carbons (Fsp3) is 0.778. The Hall–Kier alpha value is -0.520. The molecule has 0 nitrogen and oxygen atoms in total. The molecule has 0 aromatic rings. The van der Waals surface area contributed by atoms with Crippen molar-refractivity contribution in [2.75, 3.05) is 0 Å². The Bertz CT molecular complexity index is 190. The van der Waals surface area contributed by atoms with Crippen molar-refractivity contribution in [2.24, 2.45) is 0 Å². The van der Waals surface area contributed by atoms with Crippen LogP contribution in [0.3, 0.4) is 0 Å². The summed E-state index contributed by atoms with van der Waals surface area (Å²) < 4.78 is 0. The summed E-state index contributed by atoms with van der Waals surface area (Å²) in [5.41, 5.74) is 0. The predicted molar refractivity (Wildman–Crippen MR) is 82.9 cm³/mol. The molecule has 0 N–H and O–H groups in total. The topological polar surface area (TPSA) is 0 Å². The van der Waals surface area contributed by atoms with Crippen LogP contribution in [0.5, 0.6) is 0 Å². The second-order valence-corrected chi connectivity index (χ2v) is 5.64. The Kier molecular flexibility index (Phi) is 11.2. The van der Waals surface area contributed by atoms with Gasteiger partial charge in [0.15, 0.2) is 0 Å². The molecule has 1 aliphatic rings. The third-order valence-corrected chi connectivity index (χ3v) is 3.85. The molecule has 0 unspecified atom stereocenters. The van der Waals surface area contributed by atoms with Crippen LogP contribution < -0.4 is 0 Å². The van der Waals surface area contributed by atoms with Crippen LogP contribution in [0.1, 0.15) is 89.9 Å². The molecular weight excluding hydrogens is 216 g/mol. The average Bonchev–Trinajstić information content (AvgIpc) is 2.39. The first kappa shape index (κ1) is 15.5. The second kappa shape index (κ2) is 12.9. The number of rotatable bonds is 0. The number of allylic oxidation sites excluding steroid dienone is 4. The van der Waals surface area contributed by atoms with Gasteiger partial charge in [-0.15, -0.1) is 0 Å². The van der Waals surface area contributed by atoms with E-state index < -0.39 is 0 Å². The van der Waals surface area contributed by atoms with Crippen molar-refractivity contribution < 1.29 is 0 Å². The van der Waals surface area contributed by atoms with E-state index in [2.05, 4.69) is 24.3 Å². The molecule has 1 aliphatic carbocycles. The largest absolute Gasteiger partial charge is 0.0882 e. The van der Waals surface area contributed by atoms with Gasteiger partial charge in [0, 0.05) is 0 Å². The minimum absolute atomic E-state index is 1.14. The monoisotopic (exact) mass is 248 g/mol. The van der Waals surface area contributed by atoms with Crippen LogP contribution in [0, 0.1) is 0 Å². The van der Waals surface area contributed by atoms with Gasteiger partial charge in [0.05, 0.1) is 0 Å². The van der Waals surface area contributed by atoms with Gasteiger partial charge in [0.1, 0.15) is 0 Å². The van der Waals surface area contributed by atoms with Crippen molar-refractivity contribution in [1.29, 1.82) is 0 Å². The summed E-state index contributed by atoms with van der Waals surface area (Å²) in [6, 6.07) is 0. The maximum atomic E-state index is 2.37. The van der Waals surface area contributed by atoms with Crippen molar-refractivity contribution in [3.05, 3.63) is 24.3 Å². The zero-order chi connectivity index (χ0) is 12.7. The van der Waals surface area contributed by atoms with Crippen molar-refractivity contribution in [3.63, 3.8) is 0 Å². The molecule has 0 bridgehead atoms. The molecule has 0 heteroatoms. The highest BCUT2D eigenvalue weighted by Crippen LogP contribution is 2.13. The summed E-state index contributed by atoms with van der Waals surface area (Å²) in [7, 11) is 0. The van der Waals surface area contributed by atoms with Crippen molar-refractivity contribution >= 4 is 0 Å². The summed E-state index contributed by atoms with van der Waals surface area (Å²) in [4.78, 5) is 0. The quantitative estimate of drug-likeness (QED) is 0.425. The van der Waals surface area contributed by atoms with Crippen molar-refractivity contribution in [2.45, 2.75) is 89.9 Å². The lowest BCUT2D eigenvalue weighted by molar-refractivity contribution is 0.547. The average molecular weight is 248 g/mol. The molecule has 1 rings (SSSR count). The molecule has 18 heavy (non-hydrogen) atoms. The lowest BCUT2D eigenvalue weighted by atomic mass is 10.0.